The number of rotatable bonds is 1. The monoisotopic (exact) mass is 238 g/mol. The normalized spacial score (nSPS) is 20.7. The Kier molecular flexibility index (Phi) is 2.53. The molecule has 1 aliphatic carbocycles. The van der Waals surface area contributed by atoms with Crippen molar-refractivity contribution in [3.63, 3.8) is 0 Å². The van der Waals surface area contributed by atoms with Crippen LogP contribution in [0.25, 0.3) is 11.1 Å². The van der Waals surface area contributed by atoms with Crippen LogP contribution in [0.4, 0.5) is 0 Å². The lowest BCUT2D eigenvalue weighted by Gasteiger charge is -2.18. The van der Waals surface area contributed by atoms with Gasteiger partial charge in [0.05, 0.1) is 6.10 Å². The summed E-state index contributed by atoms with van der Waals surface area (Å²) in [5.74, 6) is 0. The van der Waals surface area contributed by atoms with Crippen molar-refractivity contribution in [2.24, 2.45) is 0 Å². The van der Waals surface area contributed by atoms with E-state index in [0.29, 0.717) is 0 Å². The Bertz CT molecular complexity index is 569. The first-order valence-electron chi connectivity index (χ1n) is 6.46. The quantitative estimate of drug-likeness (QED) is 0.794. The lowest BCUT2D eigenvalue weighted by molar-refractivity contribution is 0.161. The molecular formula is C17H18O. The van der Waals surface area contributed by atoms with E-state index < -0.39 is 0 Å². The summed E-state index contributed by atoms with van der Waals surface area (Å²) in [4.78, 5) is 0. The van der Waals surface area contributed by atoms with Gasteiger partial charge in [0.1, 0.15) is 0 Å². The van der Waals surface area contributed by atoms with Gasteiger partial charge in [-0.1, -0.05) is 56.3 Å². The van der Waals surface area contributed by atoms with E-state index in [9.17, 15) is 5.11 Å². The van der Waals surface area contributed by atoms with Crippen molar-refractivity contribution in [2.75, 3.05) is 0 Å². The number of fused-ring (bicyclic) bond motifs is 1. The second-order valence-electron chi connectivity index (χ2n) is 5.77. The Morgan fingerprint density at radius 2 is 1.72 bits per heavy atom. The van der Waals surface area contributed by atoms with Gasteiger partial charge in [0.2, 0.25) is 0 Å². The topological polar surface area (TPSA) is 20.2 Å². The lowest BCUT2D eigenvalue weighted by Crippen LogP contribution is -2.12. The number of aliphatic hydroxyl groups is 1. The van der Waals surface area contributed by atoms with Crippen LogP contribution in [0.1, 0.15) is 37.5 Å². The molecule has 0 heterocycles. The Labute approximate surface area is 108 Å². The molecular weight excluding hydrogens is 220 g/mol. The van der Waals surface area contributed by atoms with E-state index in [0.717, 1.165) is 12.0 Å². The van der Waals surface area contributed by atoms with E-state index in [2.05, 4.69) is 44.2 Å². The first-order valence-corrected chi connectivity index (χ1v) is 6.46. The molecule has 0 amide bonds. The molecule has 2 aromatic rings. The van der Waals surface area contributed by atoms with E-state index >= 15 is 0 Å². The van der Waals surface area contributed by atoms with Crippen molar-refractivity contribution in [3.05, 3.63) is 59.7 Å². The highest BCUT2D eigenvalue weighted by molar-refractivity contribution is 5.66. The van der Waals surface area contributed by atoms with Crippen LogP contribution < -0.4 is 0 Å². The molecule has 0 fully saturated rings. The molecule has 3 rings (SSSR count). The third-order valence-electron chi connectivity index (χ3n) is 3.95. The van der Waals surface area contributed by atoms with Gasteiger partial charge in [-0.05, 0) is 40.2 Å². The van der Waals surface area contributed by atoms with Crippen molar-refractivity contribution >= 4 is 0 Å². The summed E-state index contributed by atoms with van der Waals surface area (Å²) in [7, 11) is 0. The van der Waals surface area contributed by atoms with E-state index in [1.165, 1.54) is 16.7 Å². The van der Waals surface area contributed by atoms with Gasteiger partial charge in [-0.15, -0.1) is 0 Å². The maximum Gasteiger partial charge on any atom is 0.0801 e. The van der Waals surface area contributed by atoms with Crippen molar-refractivity contribution in [3.8, 4) is 11.1 Å². The zero-order chi connectivity index (χ0) is 12.8. The zero-order valence-electron chi connectivity index (χ0n) is 10.9. The SMILES string of the molecule is CC1(C)CC(O)c2cc(-c3ccccc3)ccc21. The molecule has 0 aliphatic heterocycles. The largest absolute Gasteiger partial charge is 0.388 e. The van der Waals surface area contributed by atoms with Gasteiger partial charge >= 0.3 is 0 Å². The lowest BCUT2D eigenvalue weighted by atomic mass is 9.86. The molecule has 18 heavy (non-hydrogen) atoms. The van der Waals surface area contributed by atoms with Crippen LogP contribution >= 0.6 is 0 Å². The summed E-state index contributed by atoms with van der Waals surface area (Å²) < 4.78 is 0. The summed E-state index contributed by atoms with van der Waals surface area (Å²) in [6, 6.07) is 16.8. The van der Waals surface area contributed by atoms with Crippen molar-refractivity contribution in [1.82, 2.24) is 0 Å². The van der Waals surface area contributed by atoms with E-state index in [1.807, 2.05) is 18.2 Å². The summed E-state index contributed by atoms with van der Waals surface area (Å²) in [5, 5.41) is 10.2. The first-order chi connectivity index (χ1) is 8.58. The average Bonchev–Trinajstić information content (AvgIpc) is 2.61. The van der Waals surface area contributed by atoms with Gasteiger partial charge in [0.25, 0.3) is 0 Å². The van der Waals surface area contributed by atoms with Gasteiger partial charge in [-0.3, -0.25) is 0 Å². The Hall–Kier alpha value is -1.60. The molecule has 0 bridgehead atoms. The molecule has 1 unspecified atom stereocenters. The number of hydrogen-bond acceptors (Lipinski definition) is 1. The second-order valence-corrected chi connectivity index (χ2v) is 5.77. The first kappa shape index (κ1) is 11.5. The molecule has 1 nitrogen and oxygen atoms in total. The fourth-order valence-corrected chi connectivity index (χ4v) is 2.97. The molecule has 1 N–H and O–H groups in total. The number of aliphatic hydroxyl groups excluding tert-OH is 1. The predicted octanol–water partition coefficient (Wildman–Crippen LogP) is 4.07. The molecule has 1 aliphatic rings. The number of benzene rings is 2. The predicted molar refractivity (Wildman–Crippen MR) is 74.5 cm³/mol. The molecule has 2 aromatic carbocycles. The van der Waals surface area contributed by atoms with Crippen molar-refractivity contribution in [1.29, 1.82) is 0 Å². The van der Waals surface area contributed by atoms with Gasteiger partial charge in [-0.25, -0.2) is 0 Å². The minimum absolute atomic E-state index is 0.0873. The van der Waals surface area contributed by atoms with Crippen LogP contribution in [0.3, 0.4) is 0 Å². The van der Waals surface area contributed by atoms with Crippen molar-refractivity contribution < 1.29 is 5.11 Å². The van der Waals surface area contributed by atoms with E-state index in [4.69, 9.17) is 0 Å². The standard InChI is InChI=1S/C17H18O/c1-17(2)11-16(18)14-10-13(8-9-15(14)17)12-6-4-3-5-7-12/h3-10,16,18H,11H2,1-2H3. The minimum Gasteiger partial charge on any atom is -0.388 e. The van der Waals surface area contributed by atoms with Crippen LogP contribution in [-0.2, 0) is 5.41 Å². The maximum absolute atomic E-state index is 10.2. The fraction of sp³-hybridized carbons (Fsp3) is 0.294. The summed E-state index contributed by atoms with van der Waals surface area (Å²) in [5.41, 5.74) is 4.86. The third kappa shape index (κ3) is 1.75. The number of hydrogen-bond donors (Lipinski definition) is 1. The molecule has 0 aromatic heterocycles. The van der Waals surface area contributed by atoms with Gasteiger partial charge in [-0.2, -0.15) is 0 Å². The third-order valence-corrected chi connectivity index (χ3v) is 3.95. The molecule has 92 valence electrons. The van der Waals surface area contributed by atoms with Crippen molar-refractivity contribution in [2.45, 2.75) is 31.8 Å². The summed E-state index contributed by atoms with van der Waals surface area (Å²) in [6.45, 7) is 4.40. The minimum atomic E-state index is -0.321. The highest BCUT2D eigenvalue weighted by Crippen LogP contribution is 2.45. The molecule has 1 heteroatoms. The molecule has 0 radical (unpaired) electrons. The zero-order valence-corrected chi connectivity index (χ0v) is 10.9. The molecule has 0 saturated heterocycles. The highest BCUT2D eigenvalue weighted by Gasteiger charge is 2.35. The summed E-state index contributed by atoms with van der Waals surface area (Å²) >= 11 is 0. The highest BCUT2D eigenvalue weighted by atomic mass is 16.3. The van der Waals surface area contributed by atoms with Gasteiger partial charge in [0.15, 0.2) is 0 Å². The molecule has 0 spiro atoms. The van der Waals surface area contributed by atoms with E-state index in [1.54, 1.807) is 0 Å². The Morgan fingerprint density at radius 1 is 1.00 bits per heavy atom. The van der Waals surface area contributed by atoms with Crippen LogP contribution in [0.15, 0.2) is 48.5 Å². The van der Waals surface area contributed by atoms with Gasteiger partial charge in [0, 0.05) is 0 Å². The second kappa shape index (κ2) is 3.96. The average molecular weight is 238 g/mol. The van der Waals surface area contributed by atoms with Crippen LogP contribution in [-0.4, -0.2) is 5.11 Å². The maximum atomic E-state index is 10.2. The van der Waals surface area contributed by atoms with Gasteiger partial charge < -0.3 is 5.11 Å². The van der Waals surface area contributed by atoms with Crippen LogP contribution in [0.2, 0.25) is 0 Å². The summed E-state index contributed by atoms with van der Waals surface area (Å²) in [6.07, 6.45) is 0.499. The van der Waals surface area contributed by atoms with Crippen LogP contribution in [0, 0.1) is 0 Å². The van der Waals surface area contributed by atoms with E-state index in [-0.39, 0.29) is 11.5 Å². The molecule has 1 atom stereocenters. The van der Waals surface area contributed by atoms with Crippen LogP contribution in [0.5, 0.6) is 0 Å². The molecule has 0 saturated carbocycles. The Morgan fingerprint density at radius 3 is 2.44 bits per heavy atom. The smallest absolute Gasteiger partial charge is 0.0801 e. The Balaban J connectivity index is 2.11. The fourth-order valence-electron chi connectivity index (χ4n) is 2.97.